The molecule has 0 heterocycles. The quantitative estimate of drug-likeness (QED) is 0.142. The van der Waals surface area contributed by atoms with Crippen molar-refractivity contribution in [1.82, 2.24) is 0 Å². The number of hydrogen-bond acceptors (Lipinski definition) is 2. The summed E-state index contributed by atoms with van der Waals surface area (Å²) in [5, 5.41) is 0. The first-order valence-corrected chi connectivity index (χ1v) is 26.4. The predicted octanol–water partition coefficient (Wildman–Crippen LogP) is 19.0. The van der Waals surface area contributed by atoms with Gasteiger partial charge in [0.25, 0.3) is 0 Å². The lowest BCUT2D eigenvalue weighted by molar-refractivity contribution is 0.768. The van der Waals surface area contributed by atoms with Crippen LogP contribution < -0.4 is 9.80 Å². The summed E-state index contributed by atoms with van der Waals surface area (Å²) in [4.78, 5) is 4.94. The van der Waals surface area contributed by atoms with Gasteiger partial charge in [-0.05, 0) is 156 Å². The molecule has 0 aromatic heterocycles. The Hall–Kier alpha value is -9.76. The van der Waals surface area contributed by atoms with E-state index in [1.54, 1.807) is 0 Å². The minimum Gasteiger partial charge on any atom is -0.310 e. The van der Waals surface area contributed by atoms with E-state index in [0.717, 1.165) is 34.1 Å². The molecule has 3 aliphatic carbocycles. The molecule has 0 saturated carbocycles. The minimum atomic E-state index is -0.644. The highest BCUT2D eigenvalue weighted by atomic mass is 15.1. The lowest BCUT2D eigenvalue weighted by Gasteiger charge is -2.35. The number of nitrogens with zero attached hydrogens (tertiary/aromatic N) is 2. The molecular weight excluding hydrogens is 917 g/mol. The van der Waals surface area contributed by atoms with Crippen molar-refractivity contribution in [3.63, 3.8) is 0 Å². The molecule has 3 aliphatic rings. The van der Waals surface area contributed by atoms with Crippen LogP contribution >= 0.6 is 0 Å². The Bertz CT molecular complexity index is 4080. The number of anilines is 6. The van der Waals surface area contributed by atoms with E-state index in [1.165, 1.54) is 89.0 Å². The van der Waals surface area contributed by atoms with Gasteiger partial charge in [-0.15, -0.1) is 0 Å². The third-order valence-corrected chi connectivity index (χ3v) is 16.5. The Morgan fingerprint density at radius 3 is 1.01 bits per heavy atom. The molecular formula is C74H50N2. The Morgan fingerprint density at radius 2 is 0.539 bits per heavy atom. The molecule has 0 N–H and O–H groups in total. The van der Waals surface area contributed by atoms with Crippen LogP contribution in [0.3, 0.4) is 0 Å². The van der Waals surface area contributed by atoms with E-state index < -0.39 is 10.8 Å². The van der Waals surface area contributed by atoms with Gasteiger partial charge in [-0.2, -0.15) is 0 Å². The second kappa shape index (κ2) is 17.4. The van der Waals surface area contributed by atoms with E-state index in [2.05, 4.69) is 313 Å². The van der Waals surface area contributed by atoms with E-state index in [-0.39, 0.29) is 0 Å². The molecule has 0 amide bonds. The summed E-state index contributed by atoms with van der Waals surface area (Å²) in [5.74, 6) is 0. The molecule has 12 aromatic carbocycles. The van der Waals surface area contributed by atoms with Gasteiger partial charge in [0.2, 0.25) is 0 Å². The third kappa shape index (κ3) is 6.34. The minimum absolute atomic E-state index is 0.544. The van der Waals surface area contributed by atoms with Gasteiger partial charge in [-0.3, -0.25) is 0 Å². The van der Waals surface area contributed by atoms with Crippen LogP contribution in [0.1, 0.15) is 44.5 Å². The van der Waals surface area contributed by atoms with Crippen molar-refractivity contribution in [3.05, 3.63) is 348 Å². The van der Waals surface area contributed by atoms with Gasteiger partial charge in [-0.25, -0.2) is 0 Å². The average molecular weight is 967 g/mol. The van der Waals surface area contributed by atoms with Gasteiger partial charge < -0.3 is 9.80 Å². The van der Waals surface area contributed by atoms with Crippen molar-refractivity contribution < 1.29 is 0 Å². The van der Waals surface area contributed by atoms with Gasteiger partial charge in [0.15, 0.2) is 0 Å². The Balaban J connectivity index is 0.998. The van der Waals surface area contributed by atoms with Crippen LogP contribution in [0.5, 0.6) is 0 Å². The van der Waals surface area contributed by atoms with Gasteiger partial charge >= 0.3 is 0 Å². The van der Waals surface area contributed by atoms with Crippen molar-refractivity contribution in [2.45, 2.75) is 10.8 Å². The van der Waals surface area contributed by atoms with Crippen LogP contribution in [0.2, 0.25) is 0 Å². The molecule has 1 spiro atoms. The molecule has 1 atom stereocenters. The molecule has 76 heavy (non-hydrogen) atoms. The first kappa shape index (κ1) is 43.8. The highest BCUT2D eigenvalue weighted by molar-refractivity contribution is 6.01. The third-order valence-electron chi connectivity index (χ3n) is 16.5. The van der Waals surface area contributed by atoms with E-state index in [4.69, 9.17) is 0 Å². The molecule has 0 fully saturated rings. The fourth-order valence-corrected chi connectivity index (χ4v) is 13.5. The zero-order chi connectivity index (χ0) is 50.2. The monoisotopic (exact) mass is 966 g/mol. The lowest BCUT2D eigenvalue weighted by atomic mass is 9.67. The van der Waals surface area contributed by atoms with Gasteiger partial charge in [0, 0.05) is 34.0 Å². The normalized spacial score (nSPS) is 14.7. The summed E-state index contributed by atoms with van der Waals surface area (Å²) >= 11 is 0. The zero-order valence-corrected chi connectivity index (χ0v) is 41.8. The zero-order valence-electron chi connectivity index (χ0n) is 41.8. The van der Waals surface area contributed by atoms with Crippen LogP contribution in [-0.2, 0) is 10.8 Å². The second-order valence-electron chi connectivity index (χ2n) is 20.3. The molecule has 0 bridgehead atoms. The maximum Gasteiger partial charge on any atom is 0.0727 e. The van der Waals surface area contributed by atoms with Crippen LogP contribution in [-0.4, -0.2) is 0 Å². The van der Waals surface area contributed by atoms with E-state index in [9.17, 15) is 0 Å². The number of rotatable bonds is 9. The lowest BCUT2D eigenvalue weighted by Crippen LogP contribution is -2.28. The maximum atomic E-state index is 2.54. The summed E-state index contributed by atoms with van der Waals surface area (Å²) in [5.41, 5.74) is 25.6. The standard InChI is InChI=1S/C74H50N2/c1-7-25-51(26-8-1)64-49-65-61-39-21-24-42-68(61)74(71(65)50-72(64)76(55-33-15-5-16-34-55)56-35-17-6-18-36-56)67-41-23-20-38-60(67)63-46-44-58(48-70(63)74)75(54-31-13-4-14-32-54)57-43-45-62-59-37-19-22-40-66(59)73(69(62)47-57,52-27-9-2-10-28-52)53-29-11-3-12-30-53/h1-50H. The number of hydrogen-bond donors (Lipinski definition) is 0. The number of benzene rings is 12. The van der Waals surface area contributed by atoms with Gasteiger partial charge in [0.05, 0.1) is 16.5 Å². The van der Waals surface area contributed by atoms with E-state index in [0.29, 0.717) is 0 Å². The van der Waals surface area contributed by atoms with Gasteiger partial charge in [0.1, 0.15) is 0 Å². The first-order chi connectivity index (χ1) is 37.7. The molecule has 356 valence electrons. The van der Waals surface area contributed by atoms with Crippen LogP contribution in [0.4, 0.5) is 34.1 Å². The average Bonchev–Trinajstić information content (AvgIpc) is 4.16. The van der Waals surface area contributed by atoms with E-state index >= 15 is 0 Å². The fraction of sp³-hybridized carbons (Fsp3) is 0.0270. The van der Waals surface area contributed by atoms with Crippen molar-refractivity contribution in [2.75, 3.05) is 9.80 Å². The molecule has 15 rings (SSSR count). The largest absolute Gasteiger partial charge is 0.310 e. The summed E-state index contributed by atoms with van der Waals surface area (Å²) in [7, 11) is 0. The van der Waals surface area contributed by atoms with Crippen LogP contribution in [0, 0.1) is 0 Å². The Kier molecular flexibility index (Phi) is 10.0. The fourth-order valence-electron chi connectivity index (χ4n) is 13.5. The molecule has 12 aromatic rings. The highest BCUT2D eigenvalue weighted by Gasteiger charge is 2.53. The number of fused-ring (bicyclic) bond motifs is 13. The molecule has 1 unspecified atom stereocenters. The summed E-state index contributed by atoms with van der Waals surface area (Å²) in [6.45, 7) is 0. The molecule has 0 saturated heterocycles. The number of para-hydroxylation sites is 3. The molecule has 0 radical (unpaired) electrons. The molecule has 2 nitrogen and oxygen atoms in total. The Morgan fingerprint density at radius 1 is 0.197 bits per heavy atom. The molecule has 2 heteroatoms. The van der Waals surface area contributed by atoms with Crippen molar-refractivity contribution in [1.29, 1.82) is 0 Å². The maximum absolute atomic E-state index is 2.54. The SMILES string of the molecule is c1ccc(-c2cc3c(cc2N(c2ccccc2)c2ccccc2)C2(c4ccccc4-c4ccc(N(c5ccccc5)c5ccc6c(c5)C(c5ccccc5)(c5ccccc5)c5ccccc5-6)cc42)c2ccccc2-3)cc1. The smallest absolute Gasteiger partial charge is 0.0727 e. The summed E-state index contributed by atoms with van der Waals surface area (Å²) < 4.78 is 0. The van der Waals surface area contributed by atoms with Crippen LogP contribution in [0.25, 0.3) is 44.5 Å². The van der Waals surface area contributed by atoms with Crippen molar-refractivity contribution in [3.8, 4) is 44.5 Å². The highest BCUT2D eigenvalue weighted by Crippen LogP contribution is 2.65. The topological polar surface area (TPSA) is 6.48 Å². The predicted molar refractivity (Wildman–Crippen MR) is 315 cm³/mol. The van der Waals surface area contributed by atoms with Crippen LogP contribution in [0.15, 0.2) is 303 Å². The van der Waals surface area contributed by atoms with Crippen molar-refractivity contribution in [2.24, 2.45) is 0 Å². The van der Waals surface area contributed by atoms with Crippen molar-refractivity contribution >= 4 is 34.1 Å². The summed E-state index contributed by atoms with van der Waals surface area (Å²) in [6, 6.07) is 113. The van der Waals surface area contributed by atoms with Gasteiger partial charge in [-0.1, -0.05) is 231 Å². The van der Waals surface area contributed by atoms with E-state index in [1.807, 2.05) is 0 Å². The summed E-state index contributed by atoms with van der Waals surface area (Å²) in [6.07, 6.45) is 0. The first-order valence-electron chi connectivity index (χ1n) is 26.4. The Labute approximate surface area is 444 Å². The second-order valence-corrected chi connectivity index (χ2v) is 20.3. The molecule has 0 aliphatic heterocycles.